The Morgan fingerprint density at radius 3 is 2.42 bits per heavy atom. The molecule has 2 atom stereocenters. The molecular weight excluding hydrogens is 480 g/mol. The third-order valence-corrected chi connectivity index (χ3v) is 8.64. The highest BCUT2D eigenvalue weighted by Crippen LogP contribution is 2.44. The number of nitrogens with one attached hydrogen (secondary N) is 1. The van der Waals surface area contributed by atoms with Crippen LogP contribution in [0.25, 0.3) is 0 Å². The number of hydrogen-bond donors (Lipinski definition) is 2. The van der Waals surface area contributed by atoms with Crippen molar-refractivity contribution in [2.75, 3.05) is 13.1 Å². The van der Waals surface area contributed by atoms with E-state index in [0.29, 0.717) is 18.3 Å². The third-order valence-electron chi connectivity index (χ3n) is 8.64. The first kappa shape index (κ1) is 26.1. The van der Waals surface area contributed by atoms with Gasteiger partial charge in [-0.2, -0.15) is 10.4 Å². The van der Waals surface area contributed by atoms with Crippen molar-refractivity contribution >= 4 is 17.6 Å². The van der Waals surface area contributed by atoms with Gasteiger partial charge in [0.1, 0.15) is 23.1 Å². The molecule has 9 heteroatoms. The number of hydrazone groups is 1. The number of likely N-dealkylation sites (tertiary alicyclic amines) is 1. The molecule has 1 saturated heterocycles. The summed E-state index contributed by atoms with van der Waals surface area (Å²) in [6.07, 6.45) is 10.8. The largest absolute Gasteiger partial charge is 0.485 e. The molecule has 2 aliphatic carbocycles. The minimum absolute atomic E-state index is 0.00686. The summed E-state index contributed by atoms with van der Waals surface area (Å²) >= 11 is 0. The number of carbonyl (C=O) groups is 2. The van der Waals surface area contributed by atoms with E-state index in [1.165, 1.54) is 0 Å². The van der Waals surface area contributed by atoms with E-state index in [0.717, 1.165) is 62.9 Å². The SMILES string of the molecule is C#Cc1ccc(OC2(C)CN(C3CCC(CC#N)(N4N=C(NC(=O)C5CC5)C(C(N)=O)C4C)CC3)C2)cc1. The minimum Gasteiger partial charge on any atom is -0.485 e. The van der Waals surface area contributed by atoms with Gasteiger partial charge in [0.05, 0.1) is 24.1 Å². The van der Waals surface area contributed by atoms with Gasteiger partial charge in [-0.1, -0.05) is 5.92 Å². The lowest BCUT2D eigenvalue weighted by molar-refractivity contribution is -0.122. The van der Waals surface area contributed by atoms with E-state index in [-0.39, 0.29) is 23.5 Å². The van der Waals surface area contributed by atoms with Crippen molar-refractivity contribution in [1.29, 1.82) is 5.26 Å². The van der Waals surface area contributed by atoms with E-state index >= 15 is 0 Å². The molecule has 2 saturated carbocycles. The van der Waals surface area contributed by atoms with Gasteiger partial charge < -0.3 is 15.8 Å². The van der Waals surface area contributed by atoms with Gasteiger partial charge in [-0.3, -0.25) is 19.5 Å². The summed E-state index contributed by atoms with van der Waals surface area (Å²) in [5.74, 6) is 2.45. The van der Waals surface area contributed by atoms with Crippen LogP contribution in [0.15, 0.2) is 29.4 Å². The Balaban J connectivity index is 1.23. The zero-order chi connectivity index (χ0) is 27.1. The van der Waals surface area contributed by atoms with Crippen LogP contribution in [-0.4, -0.2) is 63.9 Å². The number of nitriles is 1. The van der Waals surface area contributed by atoms with Crippen LogP contribution in [0.1, 0.15) is 64.4 Å². The van der Waals surface area contributed by atoms with Crippen LogP contribution < -0.4 is 15.8 Å². The maximum Gasteiger partial charge on any atom is 0.230 e. The van der Waals surface area contributed by atoms with Gasteiger partial charge in [0.15, 0.2) is 0 Å². The highest BCUT2D eigenvalue weighted by molar-refractivity contribution is 6.10. The van der Waals surface area contributed by atoms with Crippen LogP contribution in [0.4, 0.5) is 0 Å². The van der Waals surface area contributed by atoms with Gasteiger partial charge in [-0.15, -0.1) is 6.42 Å². The Morgan fingerprint density at radius 2 is 1.87 bits per heavy atom. The first-order valence-corrected chi connectivity index (χ1v) is 13.5. The molecule has 3 N–H and O–H groups in total. The Bertz CT molecular complexity index is 1190. The average molecular weight is 517 g/mol. The summed E-state index contributed by atoms with van der Waals surface area (Å²) < 4.78 is 6.27. The number of amides is 2. The molecule has 5 rings (SSSR count). The van der Waals surface area contributed by atoms with E-state index in [1.807, 2.05) is 36.2 Å². The van der Waals surface area contributed by atoms with Crippen molar-refractivity contribution in [3.8, 4) is 24.2 Å². The van der Waals surface area contributed by atoms with Crippen LogP contribution in [-0.2, 0) is 9.59 Å². The normalized spacial score (nSPS) is 30.4. The highest BCUT2D eigenvalue weighted by atomic mass is 16.5. The van der Waals surface area contributed by atoms with Crippen molar-refractivity contribution in [2.45, 2.75) is 82.0 Å². The van der Waals surface area contributed by atoms with E-state index < -0.39 is 17.4 Å². The molecule has 1 aromatic rings. The summed E-state index contributed by atoms with van der Waals surface area (Å²) in [5, 5.41) is 19.3. The molecule has 3 fully saturated rings. The number of nitrogens with two attached hydrogens (primary N) is 1. The van der Waals surface area contributed by atoms with Crippen LogP contribution in [0.2, 0.25) is 0 Å². The predicted octanol–water partition coefficient (Wildman–Crippen LogP) is 2.36. The maximum absolute atomic E-state index is 12.4. The minimum atomic E-state index is -0.700. The molecule has 2 heterocycles. The topological polar surface area (TPSA) is 124 Å². The lowest BCUT2D eigenvalue weighted by Gasteiger charge is -2.54. The van der Waals surface area contributed by atoms with Crippen molar-refractivity contribution in [2.24, 2.45) is 22.7 Å². The number of benzene rings is 1. The number of carbonyl (C=O) groups excluding carboxylic acids is 2. The van der Waals surface area contributed by atoms with Gasteiger partial charge in [0, 0.05) is 30.6 Å². The fraction of sp³-hybridized carbons (Fsp3) is 0.586. The van der Waals surface area contributed by atoms with Crippen molar-refractivity contribution in [1.82, 2.24) is 15.2 Å². The number of hydrogen-bond acceptors (Lipinski definition) is 7. The second-order valence-electron chi connectivity index (χ2n) is 11.6. The molecule has 2 aliphatic heterocycles. The maximum atomic E-state index is 12.4. The summed E-state index contributed by atoms with van der Waals surface area (Å²) in [6, 6.07) is 10.0. The second kappa shape index (κ2) is 9.96. The van der Waals surface area contributed by atoms with Gasteiger partial charge >= 0.3 is 0 Å². The lowest BCUT2D eigenvalue weighted by Crippen LogP contribution is -2.67. The monoisotopic (exact) mass is 516 g/mol. The van der Waals surface area contributed by atoms with Gasteiger partial charge in [0.2, 0.25) is 11.8 Å². The molecule has 2 unspecified atom stereocenters. The van der Waals surface area contributed by atoms with E-state index in [9.17, 15) is 14.9 Å². The number of primary amides is 1. The molecule has 0 spiro atoms. The number of rotatable bonds is 7. The number of ether oxygens (including phenoxy) is 1. The number of amidine groups is 1. The second-order valence-corrected chi connectivity index (χ2v) is 11.6. The number of terminal acetylenes is 1. The van der Waals surface area contributed by atoms with Gasteiger partial charge in [-0.25, -0.2) is 0 Å². The molecule has 0 radical (unpaired) electrons. The Hall–Kier alpha value is -3.56. The molecule has 2 amide bonds. The zero-order valence-electron chi connectivity index (χ0n) is 22.2. The van der Waals surface area contributed by atoms with Crippen molar-refractivity contribution < 1.29 is 14.3 Å². The highest BCUT2D eigenvalue weighted by Gasteiger charge is 2.52. The van der Waals surface area contributed by atoms with Crippen LogP contribution in [0.5, 0.6) is 5.75 Å². The lowest BCUT2D eigenvalue weighted by atomic mass is 9.74. The summed E-state index contributed by atoms with van der Waals surface area (Å²) in [5.41, 5.74) is 5.83. The molecule has 9 nitrogen and oxygen atoms in total. The average Bonchev–Trinajstić information content (AvgIpc) is 3.67. The Morgan fingerprint density at radius 1 is 1.21 bits per heavy atom. The van der Waals surface area contributed by atoms with Crippen LogP contribution >= 0.6 is 0 Å². The molecule has 0 bridgehead atoms. The van der Waals surface area contributed by atoms with Gasteiger partial charge in [0.25, 0.3) is 0 Å². The molecule has 0 aromatic heterocycles. The zero-order valence-corrected chi connectivity index (χ0v) is 22.2. The van der Waals surface area contributed by atoms with E-state index in [4.69, 9.17) is 22.0 Å². The Labute approximate surface area is 224 Å². The first-order chi connectivity index (χ1) is 18.2. The molecule has 1 aromatic carbocycles. The quantitative estimate of drug-likeness (QED) is 0.536. The first-order valence-electron chi connectivity index (χ1n) is 13.5. The summed E-state index contributed by atoms with van der Waals surface area (Å²) in [7, 11) is 0. The number of nitrogens with zero attached hydrogens (tertiary/aromatic N) is 4. The summed E-state index contributed by atoms with van der Waals surface area (Å²) in [4.78, 5) is 27.3. The smallest absolute Gasteiger partial charge is 0.230 e. The van der Waals surface area contributed by atoms with E-state index in [1.54, 1.807) is 0 Å². The third kappa shape index (κ3) is 4.96. The molecule has 4 aliphatic rings. The van der Waals surface area contributed by atoms with Gasteiger partial charge in [-0.05, 0) is 76.6 Å². The molecular formula is C29H36N6O3. The van der Waals surface area contributed by atoms with E-state index in [2.05, 4.69) is 29.1 Å². The fourth-order valence-electron chi connectivity index (χ4n) is 6.40. The van der Waals surface area contributed by atoms with Crippen LogP contribution in [0.3, 0.4) is 0 Å². The van der Waals surface area contributed by atoms with Crippen LogP contribution in [0, 0.1) is 35.5 Å². The predicted molar refractivity (Wildman–Crippen MR) is 142 cm³/mol. The Kier molecular flexibility index (Phi) is 6.83. The molecule has 38 heavy (non-hydrogen) atoms. The summed E-state index contributed by atoms with van der Waals surface area (Å²) in [6.45, 7) is 5.70. The van der Waals surface area contributed by atoms with Crippen molar-refractivity contribution in [3.63, 3.8) is 0 Å². The molecule has 200 valence electrons. The standard InChI is InChI=1S/C29H36N6O3/c1-4-20-5-9-23(10-6-20)38-28(3)17-34(18-28)22-11-13-29(14-12-22,15-16-30)35-19(2)24(25(31)36)26(33-35)32-27(37)21-7-8-21/h1,5-6,9-10,19,21-22,24H,7-8,11-15,17-18H2,2-3H3,(H2,31,36)(H,32,33,37). The fourth-order valence-corrected chi connectivity index (χ4v) is 6.40. The van der Waals surface area contributed by atoms with Crippen molar-refractivity contribution in [3.05, 3.63) is 29.8 Å².